The quantitative estimate of drug-likeness (QED) is 0.818. The van der Waals surface area contributed by atoms with Crippen molar-refractivity contribution in [3.63, 3.8) is 0 Å². The highest BCUT2D eigenvalue weighted by Crippen LogP contribution is 2.30. The zero-order valence-corrected chi connectivity index (χ0v) is 15.5. The van der Waals surface area contributed by atoms with E-state index in [0.29, 0.717) is 12.3 Å². The Labute approximate surface area is 153 Å². The summed E-state index contributed by atoms with van der Waals surface area (Å²) in [6.07, 6.45) is 3.44. The molecule has 0 saturated carbocycles. The van der Waals surface area contributed by atoms with Gasteiger partial charge in [-0.3, -0.25) is 4.79 Å². The van der Waals surface area contributed by atoms with Gasteiger partial charge < -0.3 is 19.2 Å². The van der Waals surface area contributed by atoms with E-state index in [-0.39, 0.29) is 11.8 Å². The molecule has 2 aromatic heterocycles. The summed E-state index contributed by atoms with van der Waals surface area (Å²) in [4.78, 5) is 28.3. The Bertz CT molecular complexity index is 783. The van der Waals surface area contributed by atoms with Crippen LogP contribution in [0.1, 0.15) is 25.5 Å². The molecular formula is C18H26N6O2. The number of amides is 1. The monoisotopic (exact) mass is 358 g/mol. The third-order valence-corrected chi connectivity index (χ3v) is 5.62. The number of anilines is 1. The lowest BCUT2D eigenvalue weighted by Crippen LogP contribution is -2.52. The Morgan fingerprint density at radius 1 is 1.23 bits per heavy atom. The molecule has 4 heterocycles. The minimum atomic E-state index is 0.0297. The van der Waals surface area contributed by atoms with Crippen LogP contribution < -0.4 is 4.90 Å². The molecule has 140 valence electrons. The fourth-order valence-corrected chi connectivity index (χ4v) is 4.06. The molecule has 0 aromatic carbocycles. The fraction of sp³-hybridized carbons (Fsp3) is 0.667. The molecule has 2 aromatic rings. The first-order valence-corrected chi connectivity index (χ1v) is 9.50. The van der Waals surface area contributed by atoms with Crippen LogP contribution in [-0.2, 0) is 4.79 Å². The zero-order chi connectivity index (χ0) is 18.1. The first-order valence-electron chi connectivity index (χ1n) is 9.50. The average Bonchev–Trinajstić information content (AvgIpc) is 3.09. The second-order valence-electron chi connectivity index (χ2n) is 7.19. The maximum atomic E-state index is 13.0. The van der Waals surface area contributed by atoms with Crippen molar-refractivity contribution in [1.82, 2.24) is 24.9 Å². The molecule has 2 fully saturated rings. The number of aromatic nitrogens is 3. The molecule has 1 unspecified atom stereocenters. The molecule has 4 rings (SSSR count). The third kappa shape index (κ3) is 3.13. The van der Waals surface area contributed by atoms with Gasteiger partial charge in [0.1, 0.15) is 17.5 Å². The largest absolute Gasteiger partial charge is 0.355 e. The Balaban J connectivity index is 1.49. The number of carbonyl (C=O) groups excluding carboxylic acids is 1. The van der Waals surface area contributed by atoms with Gasteiger partial charge in [-0.05, 0) is 26.3 Å². The van der Waals surface area contributed by atoms with E-state index in [1.807, 2.05) is 11.8 Å². The van der Waals surface area contributed by atoms with Gasteiger partial charge in [0.05, 0.1) is 11.6 Å². The van der Waals surface area contributed by atoms with Crippen molar-refractivity contribution in [2.24, 2.45) is 5.92 Å². The molecule has 0 bridgehead atoms. The summed E-state index contributed by atoms with van der Waals surface area (Å²) < 4.78 is 5.26. The second-order valence-corrected chi connectivity index (χ2v) is 7.19. The zero-order valence-electron chi connectivity index (χ0n) is 15.5. The van der Waals surface area contributed by atoms with Crippen LogP contribution in [0.25, 0.3) is 11.1 Å². The molecule has 0 N–H and O–H groups in total. The number of hydrogen-bond acceptors (Lipinski definition) is 7. The minimum absolute atomic E-state index is 0.0297. The summed E-state index contributed by atoms with van der Waals surface area (Å²) in [6.45, 7) is 10.4. The number of rotatable bonds is 3. The standard InChI is InChI=1S/C18H26N6O2/c1-3-22-7-9-23(10-8-22)18(25)14-5-4-6-24(11-14)16-15-13(2)21-26-17(15)20-12-19-16/h12,14H,3-11H2,1-2H3. The molecule has 1 amide bonds. The summed E-state index contributed by atoms with van der Waals surface area (Å²) in [6, 6.07) is 0. The predicted octanol–water partition coefficient (Wildman–Crippen LogP) is 1.31. The number of piperidine rings is 1. The molecule has 8 heteroatoms. The molecule has 0 radical (unpaired) electrons. The van der Waals surface area contributed by atoms with Crippen LogP contribution in [0.5, 0.6) is 0 Å². The van der Waals surface area contributed by atoms with E-state index in [9.17, 15) is 4.79 Å². The van der Waals surface area contributed by atoms with Crippen molar-refractivity contribution in [1.29, 1.82) is 0 Å². The second kappa shape index (κ2) is 7.19. The van der Waals surface area contributed by atoms with Gasteiger partial charge in [-0.25, -0.2) is 4.98 Å². The molecule has 2 aliphatic rings. The van der Waals surface area contributed by atoms with Crippen LogP contribution in [0.15, 0.2) is 10.9 Å². The van der Waals surface area contributed by atoms with Gasteiger partial charge in [-0.15, -0.1) is 0 Å². The molecular weight excluding hydrogens is 332 g/mol. The topological polar surface area (TPSA) is 78.6 Å². The average molecular weight is 358 g/mol. The van der Waals surface area contributed by atoms with Gasteiger partial charge in [-0.1, -0.05) is 12.1 Å². The van der Waals surface area contributed by atoms with E-state index < -0.39 is 0 Å². The van der Waals surface area contributed by atoms with Gasteiger partial charge in [0, 0.05) is 39.3 Å². The highest BCUT2D eigenvalue weighted by atomic mass is 16.5. The van der Waals surface area contributed by atoms with Gasteiger partial charge in [-0.2, -0.15) is 4.98 Å². The normalized spacial score (nSPS) is 22.2. The number of carbonyl (C=O) groups is 1. The van der Waals surface area contributed by atoms with Crippen LogP contribution in [0.2, 0.25) is 0 Å². The number of piperazine rings is 1. The fourth-order valence-electron chi connectivity index (χ4n) is 4.06. The molecule has 0 spiro atoms. The SMILES string of the molecule is CCN1CCN(C(=O)C2CCCN(c3ncnc4onc(C)c34)C2)CC1. The van der Waals surface area contributed by atoms with Crippen LogP contribution >= 0.6 is 0 Å². The van der Waals surface area contributed by atoms with E-state index in [1.54, 1.807) is 0 Å². The smallest absolute Gasteiger partial charge is 0.263 e. The van der Waals surface area contributed by atoms with Crippen molar-refractivity contribution in [2.75, 3.05) is 50.7 Å². The Morgan fingerprint density at radius 3 is 2.81 bits per heavy atom. The predicted molar refractivity (Wildman–Crippen MR) is 98.0 cm³/mol. The maximum absolute atomic E-state index is 13.0. The first-order chi connectivity index (χ1) is 12.7. The highest BCUT2D eigenvalue weighted by Gasteiger charge is 2.32. The molecule has 1 atom stereocenters. The number of aryl methyl sites for hydroxylation is 1. The van der Waals surface area contributed by atoms with Gasteiger partial charge >= 0.3 is 0 Å². The minimum Gasteiger partial charge on any atom is -0.355 e. The van der Waals surface area contributed by atoms with Crippen LogP contribution in [0.3, 0.4) is 0 Å². The third-order valence-electron chi connectivity index (χ3n) is 5.62. The van der Waals surface area contributed by atoms with Crippen molar-refractivity contribution in [3.05, 3.63) is 12.0 Å². The lowest BCUT2D eigenvalue weighted by atomic mass is 9.96. The van der Waals surface area contributed by atoms with Crippen molar-refractivity contribution in [3.8, 4) is 0 Å². The van der Waals surface area contributed by atoms with Crippen LogP contribution in [-0.4, -0.2) is 76.6 Å². The lowest BCUT2D eigenvalue weighted by molar-refractivity contribution is -0.137. The van der Waals surface area contributed by atoms with Crippen molar-refractivity contribution in [2.45, 2.75) is 26.7 Å². The van der Waals surface area contributed by atoms with Crippen molar-refractivity contribution < 1.29 is 9.32 Å². The van der Waals surface area contributed by atoms with E-state index in [2.05, 4.69) is 31.8 Å². The summed E-state index contributed by atoms with van der Waals surface area (Å²) in [5.41, 5.74) is 1.30. The van der Waals surface area contributed by atoms with Crippen LogP contribution in [0, 0.1) is 12.8 Å². The Hall–Kier alpha value is -2.22. The molecule has 8 nitrogen and oxygen atoms in total. The maximum Gasteiger partial charge on any atom is 0.263 e. The Kier molecular flexibility index (Phi) is 4.76. The number of fused-ring (bicyclic) bond motifs is 1. The van der Waals surface area contributed by atoms with Gasteiger partial charge in [0.15, 0.2) is 0 Å². The molecule has 2 saturated heterocycles. The number of hydrogen-bond donors (Lipinski definition) is 0. The van der Waals surface area contributed by atoms with E-state index in [0.717, 1.165) is 69.0 Å². The molecule has 0 aliphatic carbocycles. The van der Waals surface area contributed by atoms with Crippen molar-refractivity contribution >= 4 is 22.8 Å². The molecule has 2 aliphatic heterocycles. The first kappa shape index (κ1) is 17.2. The Morgan fingerprint density at radius 2 is 2.04 bits per heavy atom. The van der Waals surface area contributed by atoms with E-state index >= 15 is 0 Å². The summed E-state index contributed by atoms with van der Waals surface area (Å²) in [5.74, 6) is 1.15. The van der Waals surface area contributed by atoms with E-state index in [1.165, 1.54) is 6.33 Å². The van der Waals surface area contributed by atoms with Gasteiger partial charge in [0.25, 0.3) is 5.71 Å². The number of likely N-dealkylation sites (N-methyl/N-ethyl adjacent to an activating group) is 1. The summed E-state index contributed by atoms with van der Waals surface area (Å²) in [5, 5.41) is 4.87. The molecule has 26 heavy (non-hydrogen) atoms. The van der Waals surface area contributed by atoms with E-state index in [4.69, 9.17) is 4.52 Å². The number of nitrogens with zero attached hydrogens (tertiary/aromatic N) is 6. The summed E-state index contributed by atoms with van der Waals surface area (Å²) >= 11 is 0. The lowest BCUT2D eigenvalue weighted by Gasteiger charge is -2.39. The van der Waals surface area contributed by atoms with Gasteiger partial charge in [0.2, 0.25) is 5.91 Å². The van der Waals surface area contributed by atoms with Crippen LogP contribution in [0.4, 0.5) is 5.82 Å². The summed E-state index contributed by atoms with van der Waals surface area (Å²) in [7, 11) is 0. The highest BCUT2D eigenvalue weighted by molar-refractivity contribution is 5.88.